The summed E-state index contributed by atoms with van der Waals surface area (Å²) < 4.78 is 79.5. The number of hydrogen-bond acceptors (Lipinski definition) is 6. The summed E-state index contributed by atoms with van der Waals surface area (Å²) in [4.78, 5) is 0. The lowest BCUT2D eigenvalue weighted by Crippen LogP contribution is -2.41. The highest BCUT2D eigenvalue weighted by molar-refractivity contribution is 7.89. The molecule has 0 saturated carbocycles. The fourth-order valence-electron chi connectivity index (χ4n) is 5.33. The van der Waals surface area contributed by atoms with Gasteiger partial charge in [-0.05, 0) is 66.8 Å². The van der Waals surface area contributed by atoms with Crippen LogP contribution in [0.25, 0.3) is 0 Å². The third-order valence-electron chi connectivity index (χ3n) is 6.92. The molecule has 0 spiro atoms. The molecule has 1 aromatic heterocycles. The maximum absolute atomic E-state index is 13.4. The van der Waals surface area contributed by atoms with Gasteiger partial charge in [-0.3, -0.25) is 5.01 Å². The van der Waals surface area contributed by atoms with E-state index in [2.05, 4.69) is 15.6 Å². The lowest BCUT2D eigenvalue weighted by molar-refractivity contribution is -0.107. The van der Waals surface area contributed by atoms with Crippen LogP contribution in [-0.2, 0) is 16.6 Å². The van der Waals surface area contributed by atoms with E-state index >= 15 is 0 Å². The van der Waals surface area contributed by atoms with E-state index in [9.17, 15) is 26.0 Å². The van der Waals surface area contributed by atoms with E-state index in [0.717, 1.165) is 32.4 Å². The van der Waals surface area contributed by atoms with Crippen LogP contribution in [0.4, 0.5) is 23.2 Å². The quantitative estimate of drug-likeness (QED) is 0.528. The van der Waals surface area contributed by atoms with Crippen molar-refractivity contribution in [3.05, 3.63) is 88.8 Å². The maximum Gasteiger partial charge on any atom is 0.404 e. The lowest BCUT2D eigenvalue weighted by atomic mass is 9.80. The number of allylic oxidation sites excluding steroid dienone is 3. The molecule has 37 heavy (non-hydrogen) atoms. The molecule has 196 valence electrons. The van der Waals surface area contributed by atoms with Gasteiger partial charge >= 0.3 is 6.18 Å². The minimum Gasteiger partial charge on any atom is -0.301 e. The van der Waals surface area contributed by atoms with Gasteiger partial charge in [0.2, 0.25) is 10.0 Å². The van der Waals surface area contributed by atoms with Crippen LogP contribution < -0.4 is 10.4 Å². The Morgan fingerprint density at radius 3 is 2.62 bits per heavy atom. The van der Waals surface area contributed by atoms with Crippen molar-refractivity contribution in [3.63, 3.8) is 0 Å². The van der Waals surface area contributed by atoms with Gasteiger partial charge in [0.15, 0.2) is 5.75 Å². The second kappa shape index (κ2) is 9.56. The Kier molecular flexibility index (Phi) is 6.57. The minimum atomic E-state index is -4.86. The summed E-state index contributed by atoms with van der Waals surface area (Å²) in [5.41, 5.74) is 8.21. The van der Waals surface area contributed by atoms with Crippen molar-refractivity contribution in [2.45, 2.75) is 32.5 Å². The van der Waals surface area contributed by atoms with Crippen LogP contribution in [0.15, 0.2) is 77.3 Å². The van der Waals surface area contributed by atoms with E-state index in [4.69, 9.17) is 0 Å². The molecule has 0 amide bonds. The molecule has 1 N–H and O–H groups in total. The number of nitrogens with one attached hydrogen (secondary N) is 1. The zero-order valence-electron chi connectivity index (χ0n) is 19.9. The van der Waals surface area contributed by atoms with E-state index in [-0.39, 0.29) is 36.4 Å². The number of alkyl halides is 3. The summed E-state index contributed by atoms with van der Waals surface area (Å²) in [7, 11) is -4.65. The number of fused-ring (bicyclic) bond motifs is 1. The number of anilines is 1. The predicted octanol–water partition coefficient (Wildman–Crippen LogP) is 4.46. The first-order valence-electron chi connectivity index (χ1n) is 11.8. The molecule has 2 aliphatic carbocycles. The molecule has 3 aliphatic rings. The van der Waals surface area contributed by atoms with E-state index in [1.165, 1.54) is 18.3 Å². The van der Waals surface area contributed by atoms with Crippen molar-refractivity contribution < 1.29 is 26.0 Å². The number of hydrazine groups is 1. The number of sulfonamides is 1. The zero-order chi connectivity index (χ0) is 26.4. The van der Waals surface area contributed by atoms with Crippen LogP contribution >= 0.6 is 0 Å². The van der Waals surface area contributed by atoms with Gasteiger partial charge < -0.3 is 5.43 Å². The molecule has 0 unspecified atom stereocenters. The fourth-order valence-corrected chi connectivity index (χ4v) is 6.66. The Morgan fingerprint density at radius 1 is 1.19 bits per heavy atom. The molecule has 2 aromatic rings. The summed E-state index contributed by atoms with van der Waals surface area (Å²) in [5, 5.41) is 9.46. The summed E-state index contributed by atoms with van der Waals surface area (Å²) in [6.45, 7) is 1.65. The van der Waals surface area contributed by atoms with Gasteiger partial charge in [0.05, 0.1) is 23.6 Å². The smallest absolute Gasteiger partial charge is 0.301 e. The predicted molar refractivity (Wildman–Crippen MR) is 129 cm³/mol. The first-order chi connectivity index (χ1) is 17.5. The lowest BCUT2D eigenvalue weighted by Gasteiger charge is -2.32. The number of aromatic nitrogens is 2. The maximum atomic E-state index is 13.4. The molecule has 7 nitrogen and oxygen atoms in total. The Balaban J connectivity index is 1.43. The molecular formula is C25H25F4N5O2S. The van der Waals surface area contributed by atoms with Crippen LogP contribution in [0.3, 0.4) is 0 Å². The number of halogens is 4. The molecule has 2 heterocycles. The Labute approximate surface area is 212 Å². The van der Waals surface area contributed by atoms with E-state index < -0.39 is 22.0 Å². The van der Waals surface area contributed by atoms with Gasteiger partial charge in [0, 0.05) is 30.4 Å². The highest BCUT2D eigenvalue weighted by Crippen LogP contribution is 2.48. The van der Waals surface area contributed by atoms with Crippen molar-refractivity contribution in [1.82, 2.24) is 19.9 Å². The third kappa shape index (κ3) is 5.26. The molecule has 0 fully saturated rings. The van der Waals surface area contributed by atoms with Crippen molar-refractivity contribution in [3.8, 4) is 0 Å². The Morgan fingerprint density at radius 2 is 1.95 bits per heavy atom. The summed E-state index contributed by atoms with van der Waals surface area (Å²) in [6.07, 6.45) is 1.74. The second-order valence-corrected chi connectivity index (χ2v) is 11.4. The van der Waals surface area contributed by atoms with Gasteiger partial charge in [0.1, 0.15) is 5.82 Å². The average Bonchev–Trinajstić information content (AvgIpc) is 3.43. The topological polar surface area (TPSA) is 78.4 Å². The highest BCUT2D eigenvalue weighted by atomic mass is 32.2. The van der Waals surface area contributed by atoms with E-state index in [1.54, 1.807) is 24.3 Å². The number of benzene rings is 1. The molecule has 0 bridgehead atoms. The van der Waals surface area contributed by atoms with Gasteiger partial charge in [-0.1, -0.05) is 12.5 Å². The molecule has 1 aromatic carbocycles. The molecule has 1 aliphatic heterocycles. The Bertz CT molecular complexity index is 1370. The largest absolute Gasteiger partial charge is 0.404 e. The van der Waals surface area contributed by atoms with Gasteiger partial charge in [-0.15, -0.1) is 0 Å². The SMILES string of the molecule is C[C@H]1C2=CNN(c3ccc(F)cc3)C2=CC2=C1[C@@H](CN(Cc1cccnn1)S(=O)(=O)CC(F)(F)F)CC2. The van der Waals surface area contributed by atoms with Crippen molar-refractivity contribution in [1.29, 1.82) is 0 Å². The fraction of sp³-hybridized carbons (Fsp3) is 0.360. The van der Waals surface area contributed by atoms with E-state index in [0.29, 0.717) is 12.8 Å². The van der Waals surface area contributed by atoms with Crippen molar-refractivity contribution >= 4 is 15.7 Å². The molecule has 0 saturated heterocycles. The molecule has 5 rings (SSSR count). The second-order valence-electron chi connectivity index (χ2n) is 9.39. The molecule has 2 atom stereocenters. The molecule has 12 heteroatoms. The van der Waals surface area contributed by atoms with Crippen LogP contribution in [0.5, 0.6) is 0 Å². The first kappa shape index (κ1) is 25.4. The monoisotopic (exact) mass is 535 g/mol. The van der Waals surface area contributed by atoms with Crippen molar-refractivity contribution in [2.24, 2.45) is 11.8 Å². The van der Waals surface area contributed by atoms with E-state index in [1.807, 2.05) is 24.2 Å². The first-order valence-corrected chi connectivity index (χ1v) is 13.4. The number of hydrogen-bond donors (Lipinski definition) is 1. The molecule has 0 radical (unpaired) electrons. The highest BCUT2D eigenvalue weighted by Gasteiger charge is 2.42. The van der Waals surface area contributed by atoms with Gasteiger partial charge in [-0.25, -0.2) is 12.8 Å². The number of rotatable bonds is 7. The summed E-state index contributed by atoms with van der Waals surface area (Å²) >= 11 is 0. The average molecular weight is 536 g/mol. The minimum absolute atomic E-state index is 0.0795. The Hall–Kier alpha value is -3.25. The van der Waals surface area contributed by atoms with Gasteiger partial charge in [0.25, 0.3) is 0 Å². The van der Waals surface area contributed by atoms with Crippen LogP contribution in [0.2, 0.25) is 0 Å². The summed E-state index contributed by atoms with van der Waals surface area (Å²) in [5.74, 6) is -2.59. The van der Waals surface area contributed by atoms with Crippen LogP contribution in [-0.4, -0.2) is 41.4 Å². The normalized spacial score (nSPS) is 21.5. The van der Waals surface area contributed by atoms with Crippen molar-refractivity contribution in [2.75, 3.05) is 17.3 Å². The zero-order valence-corrected chi connectivity index (χ0v) is 20.7. The standard InChI is InChI=1S/C25H25F4N5O2S/c1-16-22-12-31-34(21-8-6-19(26)7-9-21)23(22)11-17-4-5-18(24(16)17)13-33(14-20-3-2-10-30-32-20)37(35,36)15-25(27,28)29/h2-3,6-12,16,18,31H,4-5,13-15H2,1H3/t16-,18+/m0/s1. The van der Waals surface area contributed by atoms with Crippen LogP contribution in [0.1, 0.15) is 25.5 Å². The van der Waals surface area contributed by atoms with Crippen LogP contribution in [0, 0.1) is 17.7 Å². The molecular weight excluding hydrogens is 510 g/mol. The summed E-state index contributed by atoms with van der Waals surface area (Å²) in [6, 6.07) is 9.20. The number of nitrogens with zero attached hydrogens (tertiary/aromatic N) is 4. The van der Waals surface area contributed by atoms with Gasteiger partial charge in [-0.2, -0.15) is 27.7 Å². The third-order valence-corrected chi connectivity index (χ3v) is 8.67.